The Morgan fingerprint density at radius 2 is 2.00 bits per heavy atom. The van der Waals surface area contributed by atoms with Crippen LogP contribution in [0.4, 0.5) is 11.4 Å². The van der Waals surface area contributed by atoms with Gasteiger partial charge in [0.05, 0.1) is 15.6 Å². The lowest BCUT2D eigenvalue weighted by Gasteiger charge is -2.16. The molecule has 1 amide bonds. The third kappa shape index (κ3) is 3.08. The first-order valence-corrected chi connectivity index (χ1v) is 7.24. The van der Waals surface area contributed by atoms with Gasteiger partial charge in [-0.05, 0) is 25.5 Å². The molecule has 0 aliphatic rings. The van der Waals surface area contributed by atoms with Gasteiger partial charge in [0.2, 0.25) is 0 Å². The smallest absolute Gasteiger partial charge is 0.270 e. The number of carbonyl (C=O) groups excluding carboxylic acids is 1. The number of rotatable bonds is 4. The molecule has 7 heteroatoms. The van der Waals surface area contributed by atoms with Crippen LogP contribution in [0, 0.1) is 17.0 Å². The fourth-order valence-corrected chi connectivity index (χ4v) is 2.85. The highest BCUT2D eigenvalue weighted by Crippen LogP contribution is 2.24. The molecule has 2 aromatic rings. The number of amides is 1. The fraction of sp³-hybridized carbons (Fsp3) is 0.286. The summed E-state index contributed by atoms with van der Waals surface area (Å²) in [5.41, 5.74) is 1.33. The molecule has 1 heterocycles. The summed E-state index contributed by atoms with van der Waals surface area (Å²) >= 11 is 1.39. The van der Waals surface area contributed by atoms with Crippen LogP contribution >= 0.6 is 11.3 Å². The second kappa shape index (κ2) is 6.01. The molecule has 6 nitrogen and oxygen atoms in total. The Morgan fingerprint density at radius 3 is 2.48 bits per heavy atom. The lowest BCUT2D eigenvalue weighted by atomic mass is 10.2. The van der Waals surface area contributed by atoms with Crippen LogP contribution in [-0.4, -0.2) is 22.9 Å². The van der Waals surface area contributed by atoms with Crippen molar-refractivity contribution >= 4 is 28.6 Å². The van der Waals surface area contributed by atoms with Crippen molar-refractivity contribution in [2.24, 2.45) is 0 Å². The number of nitrogens with zero attached hydrogens (tertiary/aromatic N) is 3. The van der Waals surface area contributed by atoms with Crippen molar-refractivity contribution < 1.29 is 9.72 Å². The molecule has 0 aliphatic heterocycles. The highest BCUT2D eigenvalue weighted by molar-refractivity contribution is 7.13. The van der Waals surface area contributed by atoms with E-state index < -0.39 is 4.92 Å². The summed E-state index contributed by atoms with van der Waals surface area (Å²) in [6.07, 6.45) is 0.792. The maximum absolute atomic E-state index is 12.5. The summed E-state index contributed by atoms with van der Waals surface area (Å²) in [5, 5.41) is 11.6. The van der Waals surface area contributed by atoms with Gasteiger partial charge in [-0.2, -0.15) is 0 Å². The highest BCUT2D eigenvalue weighted by Gasteiger charge is 2.20. The zero-order valence-electron chi connectivity index (χ0n) is 12.0. The van der Waals surface area contributed by atoms with Gasteiger partial charge in [0.25, 0.3) is 11.6 Å². The number of aromatic nitrogens is 1. The molecule has 0 atom stereocenters. The number of non-ortho nitro benzene ring substituents is 1. The largest absolute Gasteiger partial charge is 0.311 e. The van der Waals surface area contributed by atoms with Crippen LogP contribution in [0.1, 0.15) is 27.3 Å². The zero-order chi connectivity index (χ0) is 15.6. The summed E-state index contributed by atoms with van der Waals surface area (Å²) < 4.78 is 0. The van der Waals surface area contributed by atoms with E-state index in [2.05, 4.69) is 4.98 Å². The van der Waals surface area contributed by atoms with Gasteiger partial charge in [-0.1, -0.05) is 6.92 Å². The molecule has 0 unspecified atom stereocenters. The van der Waals surface area contributed by atoms with Crippen LogP contribution in [0.5, 0.6) is 0 Å². The van der Waals surface area contributed by atoms with E-state index in [9.17, 15) is 14.9 Å². The predicted octanol–water partition coefficient (Wildman–Crippen LogP) is 3.20. The molecular formula is C14H15N3O3S. The van der Waals surface area contributed by atoms with Gasteiger partial charge in [0, 0.05) is 24.9 Å². The van der Waals surface area contributed by atoms with Gasteiger partial charge in [0.1, 0.15) is 4.88 Å². The second-order valence-corrected chi connectivity index (χ2v) is 5.60. The Labute approximate surface area is 126 Å². The molecule has 0 aliphatic carbocycles. The third-order valence-electron chi connectivity index (χ3n) is 3.09. The number of aryl methyl sites for hydroxylation is 2. The molecule has 0 bridgehead atoms. The molecule has 1 aromatic heterocycles. The van der Waals surface area contributed by atoms with Crippen molar-refractivity contribution in [1.29, 1.82) is 0 Å². The van der Waals surface area contributed by atoms with Crippen molar-refractivity contribution in [3.05, 3.63) is 50.0 Å². The minimum atomic E-state index is -0.466. The van der Waals surface area contributed by atoms with Crippen LogP contribution in [0.2, 0.25) is 0 Å². The van der Waals surface area contributed by atoms with Gasteiger partial charge in [0.15, 0.2) is 0 Å². The molecule has 2 rings (SSSR count). The Kier molecular flexibility index (Phi) is 4.32. The Morgan fingerprint density at radius 1 is 1.38 bits per heavy atom. The van der Waals surface area contributed by atoms with Crippen molar-refractivity contribution in [1.82, 2.24) is 4.98 Å². The first-order chi connectivity index (χ1) is 9.93. The van der Waals surface area contributed by atoms with E-state index in [1.165, 1.54) is 28.4 Å². The Balaban J connectivity index is 2.25. The molecule has 0 fully saturated rings. The number of hydrogen-bond acceptors (Lipinski definition) is 5. The molecule has 0 saturated heterocycles. The Hall–Kier alpha value is -2.28. The van der Waals surface area contributed by atoms with Crippen molar-refractivity contribution in [3.8, 4) is 0 Å². The first kappa shape index (κ1) is 15.1. The van der Waals surface area contributed by atoms with Crippen molar-refractivity contribution in [3.63, 3.8) is 0 Å². The normalized spacial score (nSPS) is 10.4. The van der Waals surface area contributed by atoms with E-state index in [1.54, 1.807) is 19.2 Å². The molecular weight excluding hydrogens is 290 g/mol. The quantitative estimate of drug-likeness (QED) is 0.642. The van der Waals surface area contributed by atoms with Crippen LogP contribution < -0.4 is 4.90 Å². The first-order valence-electron chi connectivity index (χ1n) is 6.42. The summed E-state index contributed by atoms with van der Waals surface area (Å²) in [7, 11) is 1.65. The van der Waals surface area contributed by atoms with Crippen LogP contribution in [-0.2, 0) is 6.42 Å². The van der Waals surface area contributed by atoms with E-state index in [1.807, 2.05) is 13.8 Å². The lowest BCUT2D eigenvalue weighted by Crippen LogP contribution is -2.25. The number of nitro groups is 1. The minimum Gasteiger partial charge on any atom is -0.311 e. The van der Waals surface area contributed by atoms with Crippen LogP contribution in [0.15, 0.2) is 24.3 Å². The van der Waals surface area contributed by atoms with E-state index in [4.69, 9.17) is 0 Å². The molecule has 1 aromatic carbocycles. The molecule has 0 saturated carbocycles. The average Bonchev–Trinajstić information content (AvgIpc) is 2.87. The van der Waals surface area contributed by atoms with Gasteiger partial charge < -0.3 is 4.90 Å². The summed E-state index contributed by atoms with van der Waals surface area (Å²) in [5.74, 6) is -0.154. The lowest BCUT2D eigenvalue weighted by molar-refractivity contribution is -0.384. The predicted molar refractivity (Wildman–Crippen MR) is 82.1 cm³/mol. The van der Waals surface area contributed by atoms with E-state index in [0.717, 1.165) is 17.1 Å². The third-order valence-corrected chi connectivity index (χ3v) is 4.38. The van der Waals surface area contributed by atoms with Crippen LogP contribution in [0.25, 0.3) is 0 Å². The van der Waals surface area contributed by atoms with Gasteiger partial charge in [-0.15, -0.1) is 11.3 Å². The molecule has 0 radical (unpaired) electrons. The highest BCUT2D eigenvalue weighted by atomic mass is 32.1. The van der Waals surface area contributed by atoms with Crippen molar-refractivity contribution in [2.75, 3.05) is 11.9 Å². The second-order valence-electron chi connectivity index (χ2n) is 4.51. The van der Waals surface area contributed by atoms with Crippen molar-refractivity contribution in [2.45, 2.75) is 20.3 Å². The maximum atomic E-state index is 12.5. The standard InChI is InChI=1S/C14H15N3O3S/c1-4-12-15-9(2)13(21-12)14(18)16(3)10-5-7-11(8-6-10)17(19)20/h5-8H,4H2,1-3H3. The van der Waals surface area contributed by atoms with E-state index in [0.29, 0.717) is 10.6 Å². The number of carbonyl (C=O) groups is 1. The number of hydrogen-bond donors (Lipinski definition) is 0. The van der Waals surface area contributed by atoms with E-state index >= 15 is 0 Å². The number of anilines is 1. The average molecular weight is 305 g/mol. The summed E-state index contributed by atoms with van der Waals surface area (Å²) in [6, 6.07) is 5.90. The minimum absolute atomic E-state index is 0.00170. The molecule has 21 heavy (non-hydrogen) atoms. The Bertz CT molecular complexity index is 679. The van der Waals surface area contributed by atoms with Gasteiger partial charge >= 0.3 is 0 Å². The van der Waals surface area contributed by atoms with Gasteiger partial charge in [-0.3, -0.25) is 14.9 Å². The van der Waals surface area contributed by atoms with E-state index in [-0.39, 0.29) is 11.6 Å². The monoisotopic (exact) mass is 305 g/mol. The van der Waals surface area contributed by atoms with Gasteiger partial charge in [-0.25, -0.2) is 4.98 Å². The topological polar surface area (TPSA) is 76.3 Å². The number of benzene rings is 1. The molecule has 0 N–H and O–H groups in total. The van der Waals surface area contributed by atoms with Crippen LogP contribution in [0.3, 0.4) is 0 Å². The molecule has 110 valence electrons. The number of thiazole rings is 1. The number of nitro benzene ring substituents is 1. The summed E-state index contributed by atoms with van der Waals surface area (Å²) in [4.78, 5) is 29.1. The SMILES string of the molecule is CCc1nc(C)c(C(=O)N(C)c2ccc([N+](=O)[O-])cc2)s1. The molecule has 0 spiro atoms. The maximum Gasteiger partial charge on any atom is 0.270 e. The summed E-state index contributed by atoms with van der Waals surface area (Å²) in [6.45, 7) is 3.80. The fourth-order valence-electron chi connectivity index (χ4n) is 1.87. The zero-order valence-corrected chi connectivity index (χ0v) is 12.8.